The summed E-state index contributed by atoms with van der Waals surface area (Å²) in [7, 11) is 1.74. The second-order valence-corrected chi connectivity index (χ2v) is 6.75. The van der Waals surface area contributed by atoms with Crippen LogP contribution >= 0.6 is 0 Å². The van der Waals surface area contributed by atoms with Gasteiger partial charge in [-0.2, -0.15) is 9.97 Å². The number of halogens is 2. The number of H-pyrrole nitrogens is 1. The Morgan fingerprint density at radius 1 is 1.21 bits per heavy atom. The number of benzene rings is 1. The van der Waals surface area contributed by atoms with E-state index in [1.807, 2.05) is 0 Å². The largest absolute Gasteiger partial charge is 0.357 e. The molecule has 4 aromatic rings. The lowest BCUT2D eigenvalue weighted by molar-refractivity contribution is -0.00712. The molecule has 1 atom stereocenters. The SMILES string of the molecule is Cn1cc(Nc2nc(N[C@@H]3c4ccccc4CC3(F)F)c3cc[nH]c3n2)nn1. The highest BCUT2D eigenvalue weighted by molar-refractivity contribution is 5.88. The summed E-state index contributed by atoms with van der Waals surface area (Å²) < 4.78 is 31.0. The van der Waals surface area contributed by atoms with Crippen molar-refractivity contribution in [1.29, 1.82) is 0 Å². The minimum absolute atomic E-state index is 0.229. The summed E-state index contributed by atoms with van der Waals surface area (Å²) in [5.41, 5.74) is 1.75. The van der Waals surface area contributed by atoms with Crippen molar-refractivity contribution in [2.45, 2.75) is 18.4 Å². The van der Waals surface area contributed by atoms with E-state index in [2.05, 4.69) is 35.9 Å². The molecular formula is C18H16F2N8. The summed E-state index contributed by atoms with van der Waals surface area (Å²) in [4.78, 5) is 11.8. The van der Waals surface area contributed by atoms with E-state index in [1.165, 1.54) is 4.68 Å². The van der Waals surface area contributed by atoms with Gasteiger partial charge in [-0.3, -0.25) is 4.68 Å². The number of nitrogens with one attached hydrogen (secondary N) is 3. The minimum atomic E-state index is -2.92. The van der Waals surface area contributed by atoms with Crippen LogP contribution < -0.4 is 10.6 Å². The number of aromatic amines is 1. The van der Waals surface area contributed by atoms with E-state index in [9.17, 15) is 8.78 Å². The molecule has 0 unspecified atom stereocenters. The molecular weight excluding hydrogens is 366 g/mol. The van der Waals surface area contributed by atoms with Crippen LogP contribution in [0.15, 0.2) is 42.7 Å². The van der Waals surface area contributed by atoms with Crippen molar-refractivity contribution in [3.05, 3.63) is 53.9 Å². The highest BCUT2D eigenvalue weighted by Gasteiger charge is 2.47. The summed E-state index contributed by atoms with van der Waals surface area (Å²) in [6.45, 7) is 0. The van der Waals surface area contributed by atoms with Crippen molar-refractivity contribution >= 4 is 28.6 Å². The molecule has 3 N–H and O–H groups in total. The van der Waals surface area contributed by atoms with Gasteiger partial charge in [-0.05, 0) is 17.2 Å². The summed E-state index contributed by atoms with van der Waals surface area (Å²) in [5, 5.41) is 14.3. The van der Waals surface area contributed by atoms with Crippen molar-refractivity contribution in [2.75, 3.05) is 10.6 Å². The number of nitrogens with zero attached hydrogens (tertiary/aromatic N) is 5. The van der Waals surface area contributed by atoms with E-state index in [0.717, 1.165) is 0 Å². The lowest BCUT2D eigenvalue weighted by atomic mass is 10.1. The van der Waals surface area contributed by atoms with E-state index >= 15 is 0 Å². The highest BCUT2D eigenvalue weighted by atomic mass is 19.3. The zero-order chi connectivity index (χ0) is 19.3. The molecule has 0 fully saturated rings. The van der Waals surface area contributed by atoms with E-state index in [-0.39, 0.29) is 12.4 Å². The van der Waals surface area contributed by atoms with Crippen LogP contribution in [0.5, 0.6) is 0 Å². The third kappa shape index (κ3) is 2.73. The Bertz CT molecular complexity index is 1170. The van der Waals surface area contributed by atoms with Gasteiger partial charge in [-0.25, -0.2) is 8.78 Å². The quantitative estimate of drug-likeness (QED) is 0.502. The van der Waals surface area contributed by atoms with Gasteiger partial charge in [0.25, 0.3) is 5.92 Å². The third-order valence-corrected chi connectivity index (χ3v) is 4.75. The number of aryl methyl sites for hydroxylation is 1. The fourth-order valence-corrected chi connectivity index (χ4v) is 3.51. The number of rotatable bonds is 4. The first kappa shape index (κ1) is 16.6. The van der Waals surface area contributed by atoms with Crippen LogP contribution in [0.25, 0.3) is 11.0 Å². The molecule has 8 nitrogen and oxygen atoms in total. The predicted octanol–water partition coefficient (Wildman–Crippen LogP) is 3.17. The summed E-state index contributed by atoms with van der Waals surface area (Å²) in [5.74, 6) is -1.92. The Morgan fingerprint density at radius 2 is 2.07 bits per heavy atom. The van der Waals surface area contributed by atoms with Crippen molar-refractivity contribution in [1.82, 2.24) is 29.9 Å². The van der Waals surface area contributed by atoms with Crippen LogP contribution in [0.1, 0.15) is 17.2 Å². The van der Waals surface area contributed by atoms with Gasteiger partial charge in [0, 0.05) is 19.7 Å². The summed E-state index contributed by atoms with van der Waals surface area (Å²) in [6.07, 6.45) is 3.06. The molecule has 3 heterocycles. The molecule has 0 amide bonds. The fraction of sp³-hybridized carbons (Fsp3) is 0.222. The van der Waals surface area contributed by atoms with E-state index in [1.54, 1.807) is 49.8 Å². The van der Waals surface area contributed by atoms with Gasteiger partial charge in [0.05, 0.1) is 11.6 Å². The second-order valence-electron chi connectivity index (χ2n) is 6.75. The average molecular weight is 382 g/mol. The molecule has 0 spiro atoms. The minimum Gasteiger partial charge on any atom is -0.357 e. The molecule has 0 radical (unpaired) electrons. The maximum Gasteiger partial charge on any atom is 0.275 e. The Labute approximate surface area is 158 Å². The van der Waals surface area contributed by atoms with E-state index in [4.69, 9.17) is 0 Å². The molecule has 28 heavy (non-hydrogen) atoms. The van der Waals surface area contributed by atoms with Crippen LogP contribution in [0.3, 0.4) is 0 Å². The van der Waals surface area contributed by atoms with Gasteiger partial charge in [0.2, 0.25) is 5.95 Å². The summed E-state index contributed by atoms with van der Waals surface area (Å²) >= 11 is 0. The lowest BCUT2D eigenvalue weighted by Crippen LogP contribution is -2.28. The van der Waals surface area contributed by atoms with Gasteiger partial charge >= 0.3 is 0 Å². The Hall–Kier alpha value is -3.56. The number of fused-ring (bicyclic) bond motifs is 2. The fourth-order valence-electron chi connectivity index (χ4n) is 3.51. The number of hydrogen-bond acceptors (Lipinski definition) is 6. The number of alkyl halides is 2. The number of aromatic nitrogens is 6. The molecule has 10 heteroatoms. The van der Waals surface area contributed by atoms with Gasteiger partial charge in [-0.1, -0.05) is 29.5 Å². The van der Waals surface area contributed by atoms with Gasteiger partial charge in [0.1, 0.15) is 17.5 Å². The van der Waals surface area contributed by atoms with Crippen LogP contribution in [-0.2, 0) is 13.5 Å². The van der Waals surface area contributed by atoms with E-state index in [0.29, 0.717) is 33.8 Å². The number of anilines is 3. The smallest absolute Gasteiger partial charge is 0.275 e. The molecule has 1 aliphatic carbocycles. The average Bonchev–Trinajstić information content (AvgIpc) is 3.34. The lowest BCUT2D eigenvalue weighted by Gasteiger charge is -2.22. The van der Waals surface area contributed by atoms with Gasteiger partial charge in [-0.15, -0.1) is 5.10 Å². The molecule has 5 rings (SSSR count). The first-order valence-corrected chi connectivity index (χ1v) is 8.70. The van der Waals surface area contributed by atoms with Crippen LogP contribution in [0.4, 0.5) is 26.4 Å². The zero-order valence-corrected chi connectivity index (χ0v) is 14.8. The molecule has 1 aliphatic rings. The summed E-state index contributed by atoms with van der Waals surface area (Å²) in [6, 6.07) is 7.58. The molecule has 142 valence electrons. The van der Waals surface area contributed by atoms with Crippen molar-refractivity contribution in [2.24, 2.45) is 7.05 Å². The Morgan fingerprint density at radius 3 is 2.89 bits per heavy atom. The van der Waals surface area contributed by atoms with Crippen LogP contribution in [0, 0.1) is 0 Å². The maximum atomic E-state index is 14.7. The molecule has 0 saturated carbocycles. The van der Waals surface area contributed by atoms with Crippen LogP contribution in [-0.4, -0.2) is 35.9 Å². The first-order chi connectivity index (χ1) is 13.5. The van der Waals surface area contributed by atoms with Gasteiger partial charge in [0.15, 0.2) is 5.82 Å². The third-order valence-electron chi connectivity index (χ3n) is 4.75. The topological polar surface area (TPSA) is 96.3 Å². The normalized spacial score (nSPS) is 17.6. The molecule has 0 saturated heterocycles. The zero-order valence-electron chi connectivity index (χ0n) is 14.8. The second kappa shape index (κ2) is 5.98. The first-order valence-electron chi connectivity index (χ1n) is 8.70. The van der Waals surface area contributed by atoms with E-state index < -0.39 is 12.0 Å². The van der Waals surface area contributed by atoms with Crippen LogP contribution in [0.2, 0.25) is 0 Å². The molecule has 1 aromatic carbocycles. The maximum absolute atomic E-state index is 14.7. The molecule has 0 aliphatic heterocycles. The van der Waals surface area contributed by atoms with Crippen molar-refractivity contribution in [3.8, 4) is 0 Å². The Kier molecular flexibility index (Phi) is 3.54. The number of hydrogen-bond donors (Lipinski definition) is 3. The monoisotopic (exact) mass is 382 g/mol. The Balaban J connectivity index is 1.54. The molecule has 0 bridgehead atoms. The van der Waals surface area contributed by atoms with Crippen molar-refractivity contribution in [3.63, 3.8) is 0 Å². The standard InChI is InChI=1S/C18H16F2N8/c1-28-9-13(26-27-28)22-17-24-15-12(6-7-21-15)16(25-17)23-14-11-5-3-2-4-10(11)8-18(14,19)20/h2-7,9,14H,8H2,1H3,(H3,21,22,23,24,25)/t14-/m1/s1. The highest BCUT2D eigenvalue weighted by Crippen LogP contribution is 2.45. The predicted molar refractivity (Wildman–Crippen MR) is 99.6 cm³/mol. The van der Waals surface area contributed by atoms with Gasteiger partial charge < -0.3 is 15.6 Å². The molecule has 3 aromatic heterocycles. The van der Waals surface area contributed by atoms with Crippen molar-refractivity contribution < 1.29 is 8.78 Å².